The first-order valence-electron chi connectivity index (χ1n) is 22.6. The Labute approximate surface area is 498 Å². The van der Waals surface area contributed by atoms with Crippen LogP contribution in [0.5, 0.6) is 23.0 Å². The monoisotopic (exact) mass is 1310 g/mol. The van der Waals surface area contributed by atoms with E-state index in [1.165, 1.54) is 22.3 Å². The lowest BCUT2D eigenvalue weighted by Gasteiger charge is -2.08. The molecule has 36 heteroatoms. The van der Waals surface area contributed by atoms with Gasteiger partial charge < -0.3 is 104 Å². The summed E-state index contributed by atoms with van der Waals surface area (Å²) in [6.07, 6.45) is 0. The van der Waals surface area contributed by atoms with Gasteiger partial charge >= 0.3 is 23.9 Å². The molecule has 0 aromatic heterocycles. The molecule has 0 fully saturated rings. The largest absolute Gasteiger partial charge is 0.744 e. The normalized spacial score (nSPS) is 10.4. The molecule has 0 unspecified atom stereocenters. The predicted octanol–water partition coefficient (Wildman–Crippen LogP) is -1.12. The Bertz CT molecular complexity index is 3620. The van der Waals surface area contributed by atoms with Gasteiger partial charge in [-0.3, -0.25) is 0 Å². The number of rotatable bonds is 10. The summed E-state index contributed by atoms with van der Waals surface area (Å²) in [5.41, 5.74) is 22.0. The van der Waals surface area contributed by atoms with Crippen LogP contribution in [0, 0.1) is 0 Å². The van der Waals surface area contributed by atoms with E-state index >= 15 is 0 Å². The van der Waals surface area contributed by atoms with Crippen LogP contribution in [0.2, 0.25) is 0 Å². The molecule has 8 aromatic rings. The number of hydrogen-bond acceptors (Lipinski definition) is 20. The average molecular weight is 1310 g/mol. The van der Waals surface area contributed by atoms with Crippen LogP contribution in [0.15, 0.2) is 189 Å². The summed E-state index contributed by atoms with van der Waals surface area (Å²) in [6.45, 7) is 0. The summed E-state index contributed by atoms with van der Waals surface area (Å²) in [4.78, 5) is 39.0. The lowest BCUT2D eigenvalue weighted by Crippen LogP contribution is -2.40. The minimum absolute atomic E-state index is 0. The van der Waals surface area contributed by atoms with E-state index in [1.807, 2.05) is 48.5 Å². The van der Waals surface area contributed by atoms with Gasteiger partial charge in [0.05, 0.1) is 19.6 Å². The molecule has 0 bridgehead atoms. The van der Waals surface area contributed by atoms with Gasteiger partial charge in [0, 0.05) is 0 Å². The summed E-state index contributed by atoms with van der Waals surface area (Å²) < 4.78 is 126. The van der Waals surface area contributed by atoms with Crippen LogP contribution >= 0.6 is 0 Å². The fourth-order valence-electron chi connectivity index (χ4n) is 6.16. The lowest BCUT2D eigenvalue weighted by atomic mass is 10.1. The second-order valence-electron chi connectivity index (χ2n) is 16.5. The maximum Gasteiger partial charge on any atom is 0.339 e. The molecule has 0 atom stereocenters. The zero-order valence-corrected chi connectivity index (χ0v) is 48.0. The van der Waals surface area contributed by atoms with E-state index in [2.05, 4.69) is 71.5 Å². The van der Waals surface area contributed by atoms with Crippen LogP contribution < -0.4 is 22.9 Å². The van der Waals surface area contributed by atoms with E-state index < -0.39 is 129 Å². The minimum Gasteiger partial charge on any atom is -0.744 e. The highest BCUT2D eigenvalue weighted by molar-refractivity contribution is 7.86. The van der Waals surface area contributed by atoms with Gasteiger partial charge in [0.2, 0.25) is 0 Å². The maximum atomic E-state index is 10.5. The van der Waals surface area contributed by atoms with E-state index in [0.29, 0.717) is 24.3 Å². The predicted molar refractivity (Wildman–Crippen MR) is 301 cm³/mol. The van der Waals surface area contributed by atoms with Crippen LogP contribution in [-0.2, 0) is 40.5 Å². The second-order valence-corrected chi connectivity index (χ2v) is 22.1. The Balaban J connectivity index is 0. The highest BCUT2D eigenvalue weighted by Crippen LogP contribution is 2.26. The Morgan fingerprint density at radius 3 is 0.523 bits per heavy atom. The number of aromatic hydroxyl groups is 4. The molecule has 0 aliphatic heterocycles. The summed E-state index contributed by atoms with van der Waals surface area (Å²) in [6, 6.07) is 42.0. The minimum atomic E-state index is -4.70. The Morgan fingerprint density at radius 1 is 0.273 bits per heavy atom. The van der Waals surface area contributed by atoms with Gasteiger partial charge in [0.15, 0.2) is 0 Å². The first-order chi connectivity index (χ1) is 38.8. The van der Waals surface area contributed by atoms with Gasteiger partial charge in [-0.2, -0.15) is 0 Å². The first-order valence-corrected chi connectivity index (χ1v) is 28.2. The summed E-state index contributed by atoms with van der Waals surface area (Å²) in [5.74, 6) is -8.40. The lowest BCUT2D eigenvalue weighted by molar-refractivity contribution is -0.255. The van der Waals surface area contributed by atoms with E-state index in [0.717, 1.165) is 71.3 Å². The summed E-state index contributed by atoms with van der Waals surface area (Å²) in [5, 5.41) is 70.0. The fourth-order valence-corrected chi connectivity index (χ4v) is 8.14. The van der Waals surface area contributed by atoms with Crippen molar-refractivity contribution >= 4 is 87.1 Å². The maximum absolute atomic E-state index is 10.5. The van der Waals surface area contributed by atoms with Crippen molar-refractivity contribution in [3.8, 4) is 45.3 Å². The molecular weight excluding hydrogens is 1260 g/mol. The number of carboxylic acids is 4. The molecule has 88 heavy (non-hydrogen) atoms. The molecule has 0 aliphatic carbocycles. The van der Waals surface area contributed by atoms with Crippen LogP contribution in [0.25, 0.3) is 22.3 Å². The highest BCUT2D eigenvalue weighted by atomic mass is 32.2. The van der Waals surface area contributed by atoms with Crippen molar-refractivity contribution < 1.29 is 157 Å². The van der Waals surface area contributed by atoms with Crippen LogP contribution in [0.4, 0.5) is 22.7 Å². The van der Waals surface area contributed by atoms with Crippen molar-refractivity contribution in [3.05, 3.63) is 192 Å². The Kier molecular flexibility index (Phi) is 31.3. The molecule has 8 aromatic carbocycles. The molecule has 0 spiro atoms. The van der Waals surface area contributed by atoms with Crippen LogP contribution in [-0.4, -0.2) is 139 Å². The van der Waals surface area contributed by atoms with Crippen molar-refractivity contribution in [2.24, 2.45) is 0 Å². The quantitative estimate of drug-likeness (QED) is 0.0722. The molecule has 8 rings (SSSR count). The first kappa shape index (κ1) is 80.2. The summed E-state index contributed by atoms with van der Waals surface area (Å²) >= 11 is 0. The van der Waals surface area contributed by atoms with Crippen molar-refractivity contribution in [3.63, 3.8) is 0 Å². The third-order valence-electron chi connectivity index (χ3n) is 10.4. The molecule has 0 radical (unpaired) electrons. The zero-order valence-electron chi connectivity index (χ0n) is 44.7. The summed E-state index contributed by atoms with van der Waals surface area (Å²) in [7, 11) is -18.8. The third-order valence-corrected chi connectivity index (χ3v) is 13.8. The number of phenols is 4. The molecule has 0 saturated heterocycles. The number of carboxylic acid groups (broad SMARTS) is 4. The smallest absolute Gasteiger partial charge is 0.339 e. The van der Waals surface area contributed by atoms with E-state index in [-0.39, 0.29) is 21.9 Å². The van der Waals surface area contributed by atoms with Crippen LogP contribution in [0.3, 0.4) is 0 Å². The van der Waals surface area contributed by atoms with Crippen molar-refractivity contribution in [1.29, 1.82) is 0 Å². The molecular formula is C52H56N4O28S4. The van der Waals surface area contributed by atoms with E-state index in [4.69, 9.17) is 40.9 Å². The molecule has 0 saturated carbocycles. The topological polar surface area (TPSA) is 695 Å². The standard InChI is InChI=1S/2C12H12N2.4C7H6O6S.4H2O/c2*13-11-5-1-9(2-6-11)10-3-7-12(14)8-4-10;4*8-6-2-1-4(14(11,12)13)3-5(6)7(9)10;;;;/h2*1-8H,13-14H2;4*1-3,8H,(H,9,10)(H,11,12,13);4*1H2. The van der Waals surface area contributed by atoms with Crippen molar-refractivity contribution in [2.45, 2.75) is 19.6 Å². The van der Waals surface area contributed by atoms with Crippen molar-refractivity contribution in [1.82, 2.24) is 0 Å². The zero-order chi connectivity index (χ0) is 63.7. The number of benzene rings is 8. The number of hydrogen-bond donors (Lipinski definition) is 12. The third kappa shape index (κ3) is 25.4. The number of aromatic carboxylic acids is 4. The molecule has 0 aliphatic rings. The molecule has 0 amide bonds. The Morgan fingerprint density at radius 2 is 0.409 bits per heavy atom. The van der Waals surface area contributed by atoms with Gasteiger partial charge in [-0.1, -0.05) is 0 Å². The molecule has 0 heterocycles. The van der Waals surface area contributed by atoms with Crippen LogP contribution in [0.1, 0.15) is 41.4 Å². The van der Waals surface area contributed by atoms with Crippen molar-refractivity contribution in [2.75, 3.05) is 0 Å². The van der Waals surface area contributed by atoms with Gasteiger partial charge in [0.1, 0.15) is 108 Å². The highest BCUT2D eigenvalue weighted by Gasteiger charge is 2.16. The number of carbonyl (C=O) groups is 4. The van der Waals surface area contributed by atoms with Gasteiger partial charge in [-0.15, -0.1) is 0 Å². The van der Waals surface area contributed by atoms with E-state index in [1.54, 1.807) is 0 Å². The van der Waals surface area contributed by atoms with Gasteiger partial charge in [-0.05, 0) is 192 Å². The molecule has 32 nitrogen and oxygen atoms in total. The molecule has 476 valence electrons. The second kappa shape index (κ2) is 34.3. The number of quaternary nitrogens is 4. The fraction of sp³-hybridized carbons (Fsp3) is 0. The SMILES string of the molecule is O.O.O.O.O=C(O)c1cc(S(=O)(=O)[O-])ccc1O.O=C(O)c1cc(S(=O)(=O)[O-])ccc1O.O=C(O)c1cc(S(=O)(=O)[O-])ccc1O.O=C(O)c1cc(S(=O)(=O)[O-])ccc1O.[NH3+]c1ccc(-c2ccc([NH3+])cc2)cc1.[NH3+]c1ccc(-c2ccc([NH3+])cc2)cc1. The van der Waals surface area contributed by atoms with Gasteiger partial charge in [-0.25, -0.2) is 52.8 Å². The average Bonchev–Trinajstić information content (AvgIpc) is 3.25. The molecule has 28 N–H and O–H groups in total. The Hall–Kier alpha value is -9.84. The van der Waals surface area contributed by atoms with Gasteiger partial charge in [0.25, 0.3) is 0 Å². The van der Waals surface area contributed by atoms with E-state index in [9.17, 15) is 71.1 Å².